The molecule has 5 nitrogen and oxygen atoms in total. The minimum absolute atomic E-state index is 0.271. The van der Waals surface area contributed by atoms with Crippen molar-refractivity contribution in [3.05, 3.63) is 93.5 Å². The third-order valence-corrected chi connectivity index (χ3v) is 5.04. The molecular weight excluding hydrogens is 402 g/mol. The van der Waals surface area contributed by atoms with Crippen LogP contribution in [0.5, 0.6) is 11.5 Å². The lowest BCUT2D eigenvalue weighted by atomic mass is 10.1. The second kappa shape index (κ2) is 10.1. The number of hydrogen-bond donors (Lipinski definition) is 2. The molecule has 3 rings (SSSR count). The van der Waals surface area contributed by atoms with Crippen molar-refractivity contribution in [2.24, 2.45) is 0 Å². The smallest absolute Gasteiger partial charge is 0.335 e. The highest BCUT2D eigenvalue weighted by molar-refractivity contribution is 6.31. The van der Waals surface area contributed by atoms with Crippen LogP contribution >= 0.6 is 11.6 Å². The number of halogens is 1. The van der Waals surface area contributed by atoms with Crippen LogP contribution in [-0.4, -0.2) is 18.2 Å². The van der Waals surface area contributed by atoms with Crippen molar-refractivity contribution in [3.8, 4) is 11.5 Å². The molecule has 0 aliphatic heterocycles. The van der Waals surface area contributed by atoms with Gasteiger partial charge in [-0.1, -0.05) is 53.6 Å². The third kappa shape index (κ3) is 5.75. The average molecular weight is 426 g/mol. The van der Waals surface area contributed by atoms with E-state index in [9.17, 15) is 4.79 Å². The van der Waals surface area contributed by atoms with Crippen molar-refractivity contribution < 1.29 is 19.4 Å². The number of aromatic carboxylic acids is 1. The first-order valence-corrected chi connectivity index (χ1v) is 9.92. The number of benzene rings is 3. The Bertz CT molecular complexity index is 1000. The summed E-state index contributed by atoms with van der Waals surface area (Å²) >= 11 is 6.46. The molecule has 30 heavy (non-hydrogen) atoms. The summed E-state index contributed by atoms with van der Waals surface area (Å²) in [5, 5.41) is 12.9. The molecule has 2 N–H and O–H groups in total. The maximum Gasteiger partial charge on any atom is 0.335 e. The van der Waals surface area contributed by atoms with Crippen molar-refractivity contribution in [1.82, 2.24) is 5.32 Å². The van der Waals surface area contributed by atoms with Gasteiger partial charge in [-0.05, 0) is 41.8 Å². The third-order valence-electron chi connectivity index (χ3n) is 4.69. The Hall–Kier alpha value is -3.02. The van der Waals surface area contributed by atoms with Gasteiger partial charge in [0.05, 0.1) is 12.7 Å². The molecule has 0 aliphatic carbocycles. The Kier molecular flexibility index (Phi) is 7.33. The van der Waals surface area contributed by atoms with Crippen molar-refractivity contribution in [2.75, 3.05) is 7.11 Å². The first-order valence-electron chi connectivity index (χ1n) is 9.54. The summed E-state index contributed by atoms with van der Waals surface area (Å²) in [6, 6.07) is 18.6. The molecule has 0 aromatic heterocycles. The van der Waals surface area contributed by atoms with E-state index in [1.807, 2.05) is 37.3 Å². The number of hydrogen-bond acceptors (Lipinski definition) is 4. The molecule has 0 saturated heterocycles. The first-order chi connectivity index (χ1) is 14.5. The number of carbonyl (C=O) groups is 1. The van der Waals surface area contributed by atoms with Crippen molar-refractivity contribution in [1.29, 1.82) is 0 Å². The van der Waals surface area contributed by atoms with Gasteiger partial charge in [0, 0.05) is 24.2 Å². The zero-order valence-corrected chi connectivity index (χ0v) is 17.7. The fourth-order valence-corrected chi connectivity index (χ4v) is 3.16. The lowest BCUT2D eigenvalue weighted by molar-refractivity contribution is 0.0697. The van der Waals surface area contributed by atoms with Gasteiger partial charge in [-0.25, -0.2) is 4.79 Å². The zero-order valence-electron chi connectivity index (χ0n) is 16.9. The topological polar surface area (TPSA) is 67.8 Å². The molecule has 0 radical (unpaired) electrons. The van der Waals surface area contributed by atoms with Gasteiger partial charge in [-0.15, -0.1) is 0 Å². The number of methoxy groups -OCH3 is 1. The van der Waals surface area contributed by atoms with E-state index in [4.69, 9.17) is 26.2 Å². The fourth-order valence-electron chi connectivity index (χ4n) is 2.94. The maximum atomic E-state index is 10.9. The van der Waals surface area contributed by atoms with Gasteiger partial charge in [-0.2, -0.15) is 0 Å². The highest BCUT2D eigenvalue weighted by atomic mass is 35.5. The minimum atomic E-state index is -0.932. The van der Waals surface area contributed by atoms with Crippen LogP contribution in [0.2, 0.25) is 5.02 Å². The molecule has 0 bridgehead atoms. The van der Waals surface area contributed by atoms with Crippen LogP contribution in [0, 0.1) is 6.92 Å². The molecule has 0 spiro atoms. The van der Waals surface area contributed by atoms with Crippen LogP contribution in [0.15, 0.2) is 60.7 Å². The van der Waals surface area contributed by atoms with Gasteiger partial charge in [0.25, 0.3) is 0 Å². The molecule has 156 valence electrons. The molecule has 0 unspecified atom stereocenters. The van der Waals surface area contributed by atoms with Crippen LogP contribution in [0.25, 0.3) is 0 Å². The fraction of sp³-hybridized carbons (Fsp3) is 0.208. The number of nitrogens with one attached hydrogen (secondary N) is 1. The van der Waals surface area contributed by atoms with Crippen LogP contribution in [-0.2, 0) is 19.7 Å². The maximum absolute atomic E-state index is 10.9. The van der Waals surface area contributed by atoms with Gasteiger partial charge in [-0.3, -0.25) is 0 Å². The molecule has 3 aromatic rings. The van der Waals surface area contributed by atoms with Gasteiger partial charge in [0.1, 0.15) is 6.61 Å². The second-order valence-corrected chi connectivity index (χ2v) is 7.38. The molecular formula is C24H24ClNO4. The van der Waals surface area contributed by atoms with E-state index in [0.29, 0.717) is 36.2 Å². The average Bonchev–Trinajstić information content (AvgIpc) is 2.75. The SMILES string of the molecule is COc1cc(CNCc2ccc(C(=O)O)cc2)c(Cl)cc1OCc1ccc(C)cc1. The summed E-state index contributed by atoms with van der Waals surface area (Å²) in [6.07, 6.45) is 0. The van der Waals surface area contributed by atoms with Gasteiger partial charge < -0.3 is 19.9 Å². The summed E-state index contributed by atoms with van der Waals surface area (Å²) in [5.41, 5.74) is 4.42. The molecule has 0 atom stereocenters. The Morgan fingerprint density at radius 1 is 0.967 bits per heavy atom. The standard InChI is InChI=1S/C24H24ClNO4/c1-16-3-5-18(6-4-16)15-30-23-12-21(25)20(11-22(23)29-2)14-26-13-17-7-9-19(10-8-17)24(27)28/h3-12,26H,13-15H2,1-2H3,(H,27,28). The summed E-state index contributed by atoms with van der Waals surface area (Å²) in [7, 11) is 1.60. The predicted octanol–water partition coefficient (Wildman–Crippen LogP) is 5.22. The van der Waals surface area contributed by atoms with Crippen LogP contribution in [0.1, 0.15) is 32.6 Å². The van der Waals surface area contributed by atoms with Gasteiger partial charge in [0.15, 0.2) is 11.5 Å². The summed E-state index contributed by atoms with van der Waals surface area (Å²) in [4.78, 5) is 10.9. The quantitative estimate of drug-likeness (QED) is 0.491. The molecule has 0 heterocycles. The Morgan fingerprint density at radius 3 is 2.27 bits per heavy atom. The van der Waals surface area contributed by atoms with E-state index in [-0.39, 0.29) is 5.56 Å². The van der Waals surface area contributed by atoms with Crippen LogP contribution in [0.3, 0.4) is 0 Å². The van der Waals surface area contributed by atoms with Crippen LogP contribution in [0.4, 0.5) is 0 Å². The largest absolute Gasteiger partial charge is 0.493 e. The zero-order chi connectivity index (χ0) is 21.5. The van der Waals surface area contributed by atoms with Crippen molar-refractivity contribution in [3.63, 3.8) is 0 Å². The minimum Gasteiger partial charge on any atom is -0.493 e. The van der Waals surface area contributed by atoms with Gasteiger partial charge >= 0.3 is 5.97 Å². The highest BCUT2D eigenvalue weighted by Gasteiger charge is 2.11. The number of carboxylic acid groups (broad SMARTS) is 1. The van der Waals surface area contributed by atoms with E-state index in [1.165, 1.54) is 5.56 Å². The molecule has 3 aromatic carbocycles. The Morgan fingerprint density at radius 2 is 1.63 bits per heavy atom. The first kappa shape index (κ1) is 21.7. The normalized spacial score (nSPS) is 10.6. The van der Waals surface area contributed by atoms with E-state index < -0.39 is 5.97 Å². The van der Waals surface area contributed by atoms with E-state index in [1.54, 1.807) is 37.4 Å². The summed E-state index contributed by atoms with van der Waals surface area (Å²) in [6.45, 7) is 3.60. The number of aryl methyl sites for hydroxylation is 1. The molecule has 0 aliphatic rings. The molecule has 0 fully saturated rings. The van der Waals surface area contributed by atoms with E-state index in [0.717, 1.165) is 16.7 Å². The second-order valence-electron chi connectivity index (χ2n) is 6.97. The number of carboxylic acids is 1. The molecule has 0 saturated carbocycles. The van der Waals surface area contributed by atoms with Crippen LogP contribution < -0.4 is 14.8 Å². The molecule has 0 amide bonds. The highest BCUT2D eigenvalue weighted by Crippen LogP contribution is 2.34. The van der Waals surface area contributed by atoms with Gasteiger partial charge in [0.2, 0.25) is 0 Å². The summed E-state index contributed by atoms with van der Waals surface area (Å²) < 4.78 is 11.4. The lowest BCUT2D eigenvalue weighted by Gasteiger charge is -2.14. The Balaban J connectivity index is 1.61. The number of ether oxygens (including phenoxy) is 2. The van der Waals surface area contributed by atoms with E-state index in [2.05, 4.69) is 5.32 Å². The van der Waals surface area contributed by atoms with Crippen molar-refractivity contribution >= 4 is 17.6 Å². The predicted molar refractivity (Wildman–Crippen MR) is 117 cm³/mol. The number of rotatable bonds is 9. The monoisotopic (exact) mass is 425 g/mol. The lowest BCUT2D eigenvalue weighted by Crippen LogP contribution is -2.13. The molecule has 6 heteroatoms. The Labute approximate surface area is 181 Å². The van der Waals surface area contributed by atoms with E-state index >= 15 is 0 Å². The summed E-state index contributed by atoms with van der Waals surface area (Å²) in [5.74, 6) is 0.281. The van der Waals surface area contributed by atoms with Crippen molar-refractivity contribution in [2.45, 2.75) is 26.6 Å².